The first-order valence-electron chi connectivity index (χ1n) is 7.68. The molecule has 0 aliphatic heterocycles. The first kappa shape index (κ1) is 16.0. The lowest BCUT2D eigenvalue weighted by Crippen LogP contribution is -2.32. The number of amides is 2. The van der Waals surface area contributed by atoms with Gasteiger partial charge in [-0.25, -0.2) is 4.98 Å². The minimum atomic E-state index is -0.246. The van der Waals surface area contributed by atoms with Gasteiger partial charge in [-0.15, -0.1) is 0 Å². The van der Waals surface area contributed by atoms with E-state index in [1.165, 1.54) is 0 Å². The summed E-state index contributed by atoms with van der Waals surface area (Å²) in [5.41, 5.74) is 0.941. The van der Waals surface area contributed by atoms with Gasteiger partial charge in [0.25, 0.3) is 11.8 Å². The molecule has 0 saturated carbocycles. The molecule has 2 rings (SSSR count). The van der Waals surface area contributed by atoms with E-state index in [0.717, 1.165) is 6.42 Å². The number of aromatic nitrogens is 2. The molecule has 1 N–H and O–H groups in total. The van der Waals surface area contributed by atoms with Gasteiger partial charge in [0.1, 0.15) is 0 Å². The van der Waals surface area contributed by atoms with Crippen LogP contribution in [0.5, 0.6) is 0 Å². The second-order valence-electron chi connectivity index (χ2n) is 4.97. The number of carbonyl (C=O) groups is 2. The van der Waals surface area contributed by atoms with Crippen molar-refractivity contribution in [3.05, 3.63) is 35.9 Å². The molecule has 0 aromatic carbocycles. The van der Waals surface area contributed by atoms with E-state index in [1.807, 2.05) is 32.9 Å². The predicted molar refractivity (Wildman–Crippen MR) is 85.1 cm³/mol. The van der Waals surface area contributed by atoms with E-state index >= 15 is 0 Å². The van der Waals surface area contributed by atoms with E-state index in [0.29, 0.717) is 30.8 Å². The lowest BCUT2D eigenvalue weighted by molar-refractivity contribution is 0.0760. The number of nitrogens with one attached hydrogen (secondary N) is 1. The molecule has 0 atom stereocenters. The quantitative estimate of drug-likeness (QED) is 0.887. The van der Waals surface area contributed by atoms with Crippen molar-refractivity contribution in [3.8, 4) is 0 Å². The second-order valence-corrected chi connectivity index (χ2v) is 4.97. The molecule has 6 nitrogen and oxygen atoms in total. The maximum Gasteiger partial charge on any atom is 0.290 e. The number of fused-ring (bicyclic) bond motifs is 1. The van der Waals surface area contributed by atoms with E-state index in [-0.39, 0.29) is 17.6 Å². The summed E-state index contributed by atoms with van der Waals surface area (Å²) in [7, 11) is 0. The van der Waals surface area contributed by atoms with Crippen molar-refractivity contribution in [1.82, 2.24) is 19.6 Å². The number of hydrogen-bond donors (Lipinski definition) is 1. The summed E-state index contributed by atoms with van der Waals surface area (Å²) in [6.07, 6.45) is 2.61. The molecule has 2 amide bonds. The van der Waals surface area contributed by atoms with Crippen LogP contribution in [0.1, 0.15) is 48.3 Å². The van der Waals surface area contributed by atoms with Crippen LogP contribution in [0, 0.1) is 0 Å². The fourth-order valence-electron chi connectivity index (χ4n) is 2.33. The Bertz CT molecular complexity index is 674. The van der Waals surface area contributed by atoms with E-state index < -0.39 is 0 Å². The minimum Gasteiger partial charge on any atom is -0.351 e. The van der Waals surface area contributed by atoms with Crippen molar-refractivity contribution < 1.29 is 9.59 Å². The Kier molecular flexibility index (Phi) is 5.14. The van der Waals surface area contributed by atoms with Crippen LogP contribution in [-0.2, 0) is 0 Å². The summed E-state index contributed by atoms with van der Waals surface area (Å²) in [6.45, 7) is 7.63. The van der Waals surface area contributed by atoms with Crippen molar-refractivity contribution in [3.63, 3.8) is 0 Å². The highest BCUT2D eigenvalue weighted by atomic mass is 16.2. The Balaban J connectivity index is 2.48. The predicted octanol–water partition coefficient (Wildman–Crippen LogP) is 1.96. The van der Waals surface area contributed by atoms with E-state index in [9.17, 15) is 9.59 Å². The monoisotopic (exact) mass is 302 g/mol. The SMILES string of the molecule is CCCNC(=O)c1nc(C(=O)N(CC)CC)n2ccccc12. The van der Waals surface area contributed by atoms with Gasteiger partial charge in [0.2, 0.25) is 5.82 Å². The number of pyridine rings is 1. The average Bonchev–Trinajstić information content (AvgIpc) is 2.93. The third kappa shape index (κ3) is 2.95. The smallest absolute Gasteiger partial charge is 0.290 e. The first-order chi connectivity index (χ1) is 10.6. The lowest BCUT2D eigenvalue weighted by atomic mass is 10.3. The van der Waals surface area contributed by atoms with Crippen LogP contribution in [-0.4, -0.2) is 45.7 Å². The highest BCUT2D eigenvalue weighted by Crippen LogP contribution is 2.15. The molecule has 0 bridgehead atoms. The number of carbonyl (C=O) groups excluding carboxylic acids is 2. The summed E-state index contributed by atoms with van der Waals surface area (Å²) in [6, 6.07) is 5.45. The largest absolute Gasteiger partial charge is 0.351 e. The topological polar surface area (TPSA) is 66.7 Å². The molecular weight excluding hydrogens is 280 g/mol. The van der Waals surface area contributed by atoms with Gasteiger partial charge >= 0.3 is 0 Å². The molecule has 22 heavy (non-hydrogen) atoms. The molecule has 2 heterocycles. The number of rotatable bonds is 6. The fourth-order valence-corrected chi connectivity index (χ4v) is 2.33. The molecule has 0 radical (unpaired) electrons. The molecule has 0 unspecified atom stereocenters. The van der Waals surface area contributed by atoms with Crippen LogP contribution in [0.4, 0.5) is 0 Å². The van der Waals surface area contributed by atoms with Crippen LogP contribution in [0.2, 0.25) is 0 Å². The number of imidazole rings is 1. The molecule has 6 heteroatoms. The van der Waals surface area contributed by atoms with Crippen LogP contribution in [0.3, 0.4) is 0 Å². The molecule has 118 valence electrons. The maximum atomic E-state index is 12.6. The zero-order valence-electron chi connectivity index (χ0n) is 13.3. The highest BCUT2D eigenvalue weighted by molar-refractivity contribution is 6.02. The zero-order valence-corrected chi connectivity index (χ0v) is 13.3. The van der Waals surface area contributed by atoms with Crippen LogP contribution < -0.4 is 5.32 Å². The lowest BCUT2D eigenvalue weighted by Gasteiger charge is -2.17. The van der Waals surface area contributed by atoms with Crippen molar-refractivity contribution in [2.45, 2.75) is 27.2 Å². The number of hydrogen-bond acceptors (Lipinski definition) is 3. The van der Waals surface area contributed by atoms with Gasteiger partial charge in [-0.05, 0) is 32.4 Å². The summed E-state index contributed by atoms with van der Waals surface area (Å²) in [5.74, 6) is -0.133. The molecular formula is C16H22N4O2. The molecule has 2 aromatic rings. The fraction of sp³-hybridized carbons (Fsp3) is 0.438. The van der Waals surface area contributed by atoms with Crippen LogP contribution in [0.15, 0.2) is 24.4 Å². The summed E-state index contributed by atoms with van der Waals surface area (Å²) < 4.78 is 1.68. The van der Waals surface area contributed by atoms with Gasteiger partial charge in [0.05, 0.1) is 5.52 Å². The van der Waals surface area contributed by atoms with Crippen molar-refractivity contribution in [1.29, 1.82) is 0 Å². The molecule has 0 aliphatic rings. The minimum absolute atomic E-state index is 0.166. The molecule has 0 spiro atoms. The van der Waals surface area contributed by atoms with Crippen LogP contribution in [0.25, 0.3) is 5.52 Å². The molecule has 0 saturated heterocycles. The van der Waals surface area contributed by atoms with Gasteiger partial charge in [-0.1, -0.05) is 13.0 Å². The average molecular weight is 302 g/mol. The third-order valence-electron chi connectivity index (χ3n) is 3.54. The second kappa shape index (κ2) is 7.06. The summed E-state index contributed by atoms with van der Waals surface area (Å²) in [5, 5.41) is 2.81. The summed E-state index contributed by atoms with van der Waals surface area (Å²) in [4.78, 5) is 30.8. The molecule has 0 fully saturated rings. The Morgan fingerprint density at radius 2 is 1.95 bits per heavy atom. The van der Waals surface area contributed by atoms with Gasteiger partial charge in [-0.3, -0.25) is 14.0 Å². The van der Waals surface area contributed by atoms with Gasteiger partial charge in [0, 0.05) is 25.8 Å². The Labute approximate surface area is 130 Å². The highest BCUT2D eigenvalue weighted by Gasteiger charge is 2.23. The van der Waals surface area contributed by atoms with E-state index in [2.05, 4.69) is 10.3 Å². The molecule has 0 aliphatic carbocycles. The van der Waals surface area contributed by atoms with Crippen molar-refractivity contribution in [2.75, 3.05) is 19.6 Å². The normalized spacial score (nSPS) is 10.7. The first-order valence-corrected chi connectivity index (χ1v) is 7.68. The van der Waals surface area contributed by atoms with Crippen LogP contribution >= 0.6 is 0 Å². The zero-order chi connectivity index (χ0) is 16.1. The number of nitrogens with zero attached hydrogens (tertiary/aromatic N) is 3. The van der Waals surface area contributed by atoms with E-state index in [4.69, 9.17) is 0 Å². The van der Waals surface area contributed by atoms with Gasteiger partial charge in [-0.2, -0.15) is 0 Å². The Hall–Kier alpha value is -2.37. The van der Waals surface area contributed by atoms with Gasteiger partial charge in [0.15, 0.2) is 5.69 Å². The summed E-state index contributed by atoms with van der Waals surface area (Å²) >= 11 is 0. The molecule has 2 aromatic heterocycles. The Morgan fingerprint density at radius 3 is 2.59 bits per heavy atom. The Morgan fingerprint density at radius 1 is 1.23 bits per heavy atom. The maximum absolute atomic E-state index is 12.6. The van der Waals surface area contributed by atoms with Crippen molar-refractivity contribution in [2.24, 2.45) is 0 Å². The standard InChI is InChI=1S/C16H22N4O2/c1-4-10-17-15(21)13-12-9-7-8-11-20(12)14(18-13)16(22)19(5-2)6-3/h7-9,11H,4-6,10H2,1-3H3,(H,17,21). The van der Waals surface area contributed by atoms with Crippen molar-refractivity contribution >= 4 is 17.3 Å². The third-order valence-corrected chi connectivity index (χ3v) is 3.54. The van der Waals surface area contributed by atoms with E-state index in [1.54, 1.807) is 21.6 Å². The van der Waals surface area contributed by atoms with Gasteiger partial charge < -0.3 is 10.2 Å².